The van der Waals surface area contributed by atoms with Crippen LogP contribution in [0.15, 0.2) is 6.07 Å². The predicted octanol–water partition coefficient (Wildman–Crippen LogP) is 1.27. The first-order chi connectivity index (χ1) is 8.00. The summed E-state index contributed by atoms with van der Waals surface area (Å²) in [6.07, 6.45) is 1.06. The number of carbonyl (C=O) groups is 1. The fourth-order valence-electron chi connectivity index (χ4n) is 1.36. The first kappa shape index (κ1) is 13.7. The van der Waals surface area contributed by atoms with Gasteiger partial charge in [-0.2, -0.15) is 5.10 Å². The molecule has 0 aliphatic carbocycles. The first-order valence-corrected chi connectivity index (χ1v) is 5.91. The summed E-state index contributed by atoms with van der Waals surface area (Å²) in [6.45, 7) is 7.19. The van der Waals surface area contributed by atoms with E-state index in [0.29, 0.717) is 18.8 Å². The van der Waals surface area contributed by atoms with E-state index in [9.17, 15) is 4.79 Å². The van der Waals surface area contributed by atoms with Crippen molar-refractivity contribution in [1.29, 1.82) is 0 Å². The van der Waals surface area contributed by atoms with E-state index in [1.807, 2.05) is 27.8 Å². The summed E-state index contributed by atoms with van der Waals surface area (Å²) in [5.74, 6) is -0.127. The highest BCUT2D eigenvalue weighted by Crippen LogP contribution is 2.00. The van der Waals surface area contributed by atoms with Crippen LogP contribution < -0.4 is 5.32 Å². The third-order valence-electron chi connectivity index (χ3n) is 2.40. The minimum absolute atomic E-state index is 0.127. The first-order valence-electron chi connectivity index (χ1n) is 5.91. The van der Waals surface area contributed by atoms with E-state index in [1.54, 1.807) is 10.7 Å². The van der Waals surface area contributed by atoms with E-state index in [1.165, 1.54) is 0 Å². The van der Waals surface area contributed by atoms with Crippen molar-refractivity contribution in [3.8, 4) is 0 Å². The summed E-state index contributed by atoms with van der Waals surface area (Å²) in [5.41, 5.74) is 1.44. The lowest BCUT2D eigenvalue weighted by molar-refractivity contribution is 0.0756. The highest BCUT2D eigenvalue weighted by molar-refractivity contribution is 5.92. The highest BCUT2D eigenvalue weighted by atomic mass is 16.5. The van der Waals surface area contributed by atoms with Gasteiger partial charge in [-0.25, -0.2) is 0 Å². The molecule has 0 unspecified atom stereocenters. The molecular formula is C12H21N3O2. The van der Waals surface area contributed by atoms with Crippen LogP contribution in [0.25, 0.3) is 0 Å². The standard InChI is InChI=1S/C12H21N3O2/c1-9(2)17-7-5-6-13-12(16)11-8-10(3)15(4)14-11/h8-9H,5-7H2,1-4H3,(H,13,16). The molecule has 1 aromatic heterocycles. The van der Waals surface area contributed by atoms with Crippen LogP contribution in [0.4, 0.5) is 0 Å². The molecular weight excluding hydrogens is 218 g/mol. The van der Waals surface area contributed by atoms with Gasteiger partial charge in [-0.05, 0) is 33.3 Å². The highest BCUT2D eigenvalue weighted by Gasteiger charge is 2.09. The molecule has 5 heteroatoms. The van der Waals surface area contributed by atoms with Crippen molar-refractivity contribution in [3.05, 3.63) is 17.5 Å². The second-order valence-electron chi connectivity index (χ2n) is 4.32. The van der Waals surface area contributed by atoms with Crippen LogP contribution in [0.1, 0.15) is 36.5 Å². The summed E-state index contributed by atoms with van der Waals surface area (Å²) < 4.78 is 7.07. The largest absolute Gasteiger partial charge is 0.379 e. The normalized spacial score (nSPS) is 10.9. The van der Waals surface area contributed by atoms with Crippen LogP contribution in [0.5, 0.6) is 0 Å². The maximum atomic E-state index is 11.7. The molecule has 0 spiro atoms. The Morgan fingerprint density at radius 2 is 2.29 bits per heavy atom. The average molecular weight is 239 g/mol. The zero-order chi connectivity index (χ0) is 12.8. The minimum Gasteiger partial charge on any atom is -0.379 e. The summed E-state index contributed by atoms with van der Waals surface area (Å²) in [4.78, 5) is 11.7. The van der Waals surface area contributed by atoms with E-state index in [-0.39, 0.29) is 12.0 Å². The summed E-state index contributed by atoms with van der Waals surface area (Å²) in [7, 11) is 1.82. The van der Waals surface area contributed by atoms with Crippen LogP contribution in [-0.4, -0.2) is 34.9 Å². The summed E-state index contributed by atoms with van der Waals surface area (Å²) >= 11 is 0. The van der Waals surface area contributed by atoms with Gasteiger partial charge in [0.25, 0.3) is 5.91 Å². The third kappa shape index (κ3) is 4.56. The second-order valence-corrected chi connectivity index (χ2v) is 4.32. The lowest BCUT2D eigenvalue weighted by Crippen LogP contribution is -2.26. The SMILES string of the molecule is Cc1cc(C(=O)NCCCOC(C)C)nn1C. The van der Waals surface area contributed by atoms with Gasteiger partial charge in [-0.15, -0.1) is 0 Å². The lowest BCUT2D eigenvalue weighted by atomic mass is 10.3. The van der Waals surface area contributed by atoms with Gasteiger partial charge in [0.1, 0.15) is 5.69 Å². The molecule has 1 amide bonds. The van der Waals surface area contributed by atoms with Crippen molar-refractivity contribution in [2.75, 3.05) is 13.2 Å². The fraction of sp³-hybridized carbons (Fsp3) is 0.667. The molecule has 1 heterocycles. The van der Waals surface area contributed by atoms with Gasteiger partial charge in [-0.1, -0.05) is 0 Å². The number of nitrogens with zero attached hydrogens (tertiary/aromatic N) is 2. The molecule has 0 bridgehead atoms. The van der Waals surface area contributed by atoms with Crippen molar-refractivity contribution in [3.63, 3.8) is 0 Å². The molecule has 96 valence electrons. The molecule has 17 heavy (non-hydrogen) atoms. The number of hydrogen-bond donors (Lipinski definition) is 1. The molecule has 1 N–H and O–H groups in total. The minimum atomic E-state index is -0.127. The summed E-state index contributed by atoms with van der Waals surface area (Å²) in [5, 5.41) is 6.93. The van der Waals surface area contributed by atoms with Crippen molar-refractivity contribution in [2.45, 2.75) is 33.3 Å². The molecule has 0 atom stereocenters. The zero-order valence-corrected chi connectivity index (χ0v) is 11.0. The van der Waals surface area contributed by atoms with Gasteiger partial charge in [0, 0.05) is 25.9 Å². The monoisotopic (exact) mass is 239 g/mol. The van der Waals surface area contributed by atoms with Crippen LogP contribution >= 0.6 is 0 Å². The smallest absolute Gasteiger partial charge is 0.271 e. The number of aryl methyl sites for hydroxylation is 2. The molecule has 0 fully saturated rings. The Labute approximate surface area is 102 Å². The molecule has 1 aromatic rings. The fourth-order valence-corrected chi connectivity index (χ4v) is 1.36. The Hall–Kier alpha value is -1.36. The quantitative estimate of drug-likeness (QED) is 0.761. The zero-order valence-electron chi connectivity index (χ0n) is 11.0. The molecule has 0 aliphatic rings. The van der Waals surface area contributed by atoms with Crippen molar-refractivity contribution in [2.24, 2.45) is 7.05 Å². The van der Waals surface area contributed by atoms with Gasteiger partial charge in [0.05, 0.1) is 6.10 Å². The topological polar surface area (TPSA) is 56.1 Å². The Morgan fingerprint density at radius 1 is 1.59 bits per heavy atom. The van der Waals surface area contributed by atoms with Gasteiger partial charge >= 0.3 is 0 Å². The maximum absolute atomic E-state index is 11.7. The van der Waals surface area contributed by atoms with Gasteiger partial charge in [-0.3, -0.25) is 9.48 Å². The Kier molecular flexibility index (Phi) is 5.15. The van der Waals surface area contributed by atoms with Crippen LogP contribution in [-0.2, 0) is 11.8 Å². The van der Waals surface area contributed by atoms with Crippen LogP contribution in [0, 0.1) is 6.92 Å². The molecule has 0 aromatic carbocycles. The van der Waals surface area contributed by atoms with E-state index in [4.69, 9.17) is 4.74 Å². The Morgan fingerprint density at radius 3 is 2.82 bits per heavy atom. The summed E-state index contributed by atoms with van der Waals surface area (Å²) in [6, 6.07) is 1.78. The lowest BCUT2D eigenvalue weighted by Gasteiger charge is -2.07. The van der Waals surface area contributed by atoms with Crippen molar-refractivity contribution < 1.29 is 9.53 Å². The maximum Gasteiger partial charge on any atom is 0.271 e. The van der Waals surface area contributed by atoms with Crippen LogP contribution in [0.3, 0.4) is 0 Å². The van der Waals surface area contributed by atoms with Crippen LogP contribution in [0.2, 0.25) is 0 Å². The number of hydrogen-bond acceptors (Lipinski definition) is 3. The van der Waals surface area contributed by atoms with Gasteiger partial charge < -0.3 is 10.1 Å². The Balaban J connectivity index is 2.26. The number of ether oxygens (including phenoxy) is 1. The van der Waals surface area contributed by atoms with E-state index in [0.717, 1.165) is 12.1 Å². The number of nitrogens with one attached hydrogen (secondary N) is 1. The molecule has 0 radical (unpaired) electrons. The van der Waals surface area contributed by atoms with Gasteiger partial charge in [0.15, 0.2) is 0 Å². The number of carbonyl (C=O) groups excluding carboxylic acids is 1. The number of aromatic nitrogens is 2. The van der Waals surface area contributed by atoms with Gasteiger partial charge in [0.2, 0.25) is 0 Å². The van der Waals surface area contributed by atoms with E-state index >= 15 is 0 Å². The second kappa shape index (κ2) is 6.39. The third-order valence-corrected chi connectivity index (χ3v) is 2.40. The predicted molar refractivity (Wildman–Crippen MR) is 66.0 cm³/mol. The number of rotatable bonds is 6. The number of amides is 1. The molecule has 0 aliphatic heterocycles. The molecule has 1 rings (SSSR count). The average Bonchev–Trinajstić information content (AvgIpc) is 2.58. The van der Waals surface area contributed by atoms with Crippen molar-refractivity contribution in [1.82, 2.24) is 15.1 Å². The van der Waals surface area contributed by atoms with Crippen molar-refractivity contribution >= 4 is 5.91 Å². The molecule has 0 saturated heterocycles. The van der Waals surface area contributed by atoms with E-state index < -0.39 is 0 Å². The van der Waals surface area contributed by atoms with E-state index in [2.05, 4.69) is 10.4 Å². The molecule has 5 nitrogen and oxygen atoms in total. The molecule has 0 saturated carbocycles. The Bertz CT molecular complexity index is 352.